The van der Waals surface area contributed by atoms with Gasteiger partial charge in [0.2, 0.25) is 0 Å². The van der Waals surface area contributed by atoms with Crippen molar-refractivity contribution in [2.75, 3.05) is 13.2 Å². The molecule has 2 aromatic rings. The molecule has 6 heteroatoms. The van der Waals surface area contributed by atoms with E-state index in [9.17, 15) is 9.59 Å². The molecule has 0 bridgehead atoms. The maximum atomic E-state index is 12.6. The van der Waals surface area contributed by atoms with Gasteiger partial charge in [0.25, 0.3) is 0 Å². The van der Waals surface area contributed by atoms with Gasteiger partial charge in [-0.05, 0) is 12.8 Å². The fourth-order valence-electron chi connectivity index (χ4n) is 2.54. The molecule has 2 rings (SSSR count). The number of esters is 2. The lowest BCUT2D eigenvalue weighted by molar-refractivity contribution is -0.154. The van der Waals surface area contributed by atoms with Crippen LogP contribution in [0.5, 0.6) is 0 Å². The molecule has 0 radical (unpaired) electrons. The van der Waals surface area contributed by atoms with Crippen LogP contribution in [-0.2, 0) is 19.1 Å². The Bertz CT molecular complexity index is 712. The van der Waals surface area contributed by atoms with Gasteiger partial charge in [-0.2, -0.15) is 0 Å². The van der Waals surface area contributed by atoms with Gasteiger partial charge in [0.15, 0.2) is 0 Å². The van der Waals surface area contributed by atoms with E-state index in [0.717, 1.165) is 36.9 Å². The maximum absolute atomic E-state index is 12.6. The summed E-state index contributed by atoms with van der Waals surface area (Å²) in [6, 6.07) is 8.90. The molecule has 1 aromatic carbocycles. The second-order valence-electron chi connectivity index (χ2n) is 6.39. The highest BCUT2D eigenvalue weighted by atomic mass is 16.5. The van der Waals surface area contributed by atoms with Crippen molar-refractivity contribution in [1.82, 2.24) is 9.55 Å². The number of ether oxygens (including phenoxy) is 2. The number of rotatable bonds is 11. The second-order valence-corrected chi connectivity index (χ2v) is 6.39. The van der Waals surface area contributed by atoms with Gasteiger partial charge in [-0.3, -0.25) is 4.79 Å². The highest BCUT2D eigenvalue weighted by Crippen LogP contribution is 2.21. The summed E-state index contributed by atoms with van der Waals surface area (Å²) in [6.07, 6.45) is 6.73. The predicted octanol–water partition coefficient (Wildman–Crippen LogP) is 4.17. The number of hydrogen-bond donors (Lipinski definition) is 0. The van der Waals surface area contributed by atoms with E-state index in [2.05, 4.69) is 4.98 Å². The summed E-state index contributed by atoms with van der Waals surface area (Å²) in [4.78, 5) is 29.1. The average Bonchev–Trinajstić information content (AvgIpc) is 3.17. The van der Waals surface area contributed by atoms with E-state index >= 15 is 0 Å². The molecular formula is C21H28N2O4. The molecule has 0 spiro atoms. The van der Waals surface area contributed by atoms with E-state index in [1.54, 1.807) is 17.1 Å². The highest BCUT2D eigenvalue weighted by molar-refractivity contribution is 5.81. The third-order valence-electron chi connectivity index (χ3n) is 4.17. The zero-order valence-electron chi connectivity index (χ0n) is 16.1. The van der Waals surface area contributed by atoms with E-state index < -0.39 is 18.0 Å². The number of imidazole rings is 1. The Hall–Kier alpha value is -2.63. The number of carbonyl (C=O) groups is 2. The molecule has 27 heavy (non-hydrogen) atoms. The van der Waals surface area contributed by atoms with Crippen LogP contribution in [0.2, 0.25) is 0 Å². The van der Waals surface area contributed by atoms with Gasteiger partial charge in [0, 0.05) is 11.8 Å². The molecule has 0 aliphatic heterocycles. The second kappa shape index (κ2) is 11.2. The fraction of sp³-hybridized carbons (Fsp3) is 0.476. The molecular weight excluding hydrogens is 344 g/mol. The van der Waals surface area contributed by atoms with Crippen LogP contribution in [0.25, 0.3) is 11.3 Å². The zero-order valence-corrected chi connectivity index (χ0v) is 16.1. The van der Waals surface area contributed by atoms with Crippen LogP contribution >= 0.6 is 0 Å². The van der Waals surface area contributed by atoms with Crippen molar-refractivity contribution in [3.63, 3.8) is 0 Å². The Morgan fingerprint density at radius 2 is 1.70 bits per heavy atom. The van der Waals surface area contributed by atoms with E-state index in [-0.39, 0.29) is 6.42 Å². The Kier molecular flexibility index (Phi) is 8.55. The molecule has 0 saturated heterocycles. The smallest absolute Gasteiger partial charge is 0.329 e. The van der Waals surface area contributed by atoms with Crippen molar-refractivity contribution in [2.45, 2.75) is 52.0 Å². The van der Waals surface area contributed by atoms with Crippen LogP contribution in [-0.4, -0.2) is 34.7 Å². The third kappa shape index (κ3) is 6.55. The van der Waals surface area contributed by atoms with Crippen molar-refractivity contribution >= 4 is 11.9 Å². The lowest BCUT2D eigenvalue weighted by atomic mass is 10.1. The van der Waals surface area contributed by atoms with Crippen LogP contribution in [0.3, 0.4) is 0 Å². The van der Waals surface area contributed by atoms with Crippen LogP contribution in [0.15, 0.2) is 42.9 Å². The number of carbonyl (C=O) groups excluding carboxylic acids is 2. The minimum atomic E-state index is -0.777. The van der Waals surface area contributed by atoms with Crippen LogP contribution in [0, 0.1) is 0 Å². The third-order valence-corrected chi connectivity index (χ3v) is 4.17. The van der Waals surface area contributed by atoms with Gasteiger partial charge in [-0.1, -0.05) is 57.0 Å². The lowest BCUT2D eigenvalue weighted by Crippen LogP contribution is -2.25. The number of nitrogens with zero attached hydrogens (tertiary/aromatic N) is 2. The number of benzene rings is 1. The molecule has 0 fully saturated rings. The molecule has 1 atom stereocenters. The number of hydrogen-bond acceptors (Lipinski definition) is 5. The summed E-state index contributed by atoms with van der Waals surface area (Å²) in [5, 5.41) is 0. The largest absolute Gasteiger partial charge is 0.466 e. The van der Waals surface area contributed by atoms with Crippen molar-refractivity contribution < 1.29 is 19.1 Å². The number of aromatic nitrogens is 2. The van der Waals surface area contributed by atoms with Gasteiger partial charge in [-0.25, -0.2) is 9.78 Å². The predicted molar refractivity (Wildman–Crippen MR) is 103 cm³/mol. The molecule has 0 aliphatic carbocycles. The van der Waals surface area contributed by atoms with Gasteiger partial charge in [-0.15, -0.1) is 0 Å². The lowest BCUT2D eigenvalue weighted by Gasteiger charge is -2.16. The Labute approximate surface area is 160 Å². The average molecular weight is 372 g/mol. The first kappa shape index (κ1) is 20.7. The topological polar surface area (TPSA) is 70.4 Å². The van der Waals surface area contributed by atoms with E-state index in [4.69, 9.17) is 9.47 Å². The van der Waals surface area contributed by atoms with Crippen molar-refractivity contribution in [2.24, 2.45) is 0 Å². The van der Waals surface area contributed by atoms with Crippen LogP contribution in [0.1, 0.15) is 52.0 Å². The standard InChI is InChI=1S/C21H28N2O4/c1-3-5-12-26-20(24)14-19(21(25)27-13-6-4-2)23-15-18(22-16-23)17-10-8-7-9-11-17/h7-11,15-16,19H,3-6,12-14H2,1-2H3. The molecule has 0 saturated carbocycles. The first-order valence-corrected chi connectivity index (χ1v) is 9.56. The van der Waals surface area contributed by atoms with Gasteiger partial charge in [0.05, 0.1) is 31.7 Å². The molecule has 1 heterocycles. The molecule has 1 unspecified atom stereocenters. The van der Waals surface area contributed by atoms with Crippen molar-refractivity contribution in [1.29, 1.82) is 0 Å². The van der Waals surface area contributed by atoms with Crippen molar-refractivity contribution in [3.8, 4) is 11.3 Å². The monoisotopic (exact) mass is 372 g/mol. The van der Waals surface area contributed by atoms with Gasteiger partial charge >= 0.3 is 11.9 Å². The molecule has 0 amide bonds. The first-order valence-electron chi connectivity index (χ1n) is 9.56. The molecule has 146 valence electrons. The summed E-state index contributed by atoms with van der Waals surface area (Å²) in [7, 11) is 0. The summed E-state index contributed by atoms with van der Waals surface area (Å²) in [5.74, 6) is -0.844. The SMILES string of the molecule is CCCCOC(=O)CC(C(=O)OCCCC)n1cnc(-c2ccccc2)c1. The van der Waals surface area contributed by atoms with E-state index in [0.29, 0.717) is 13.2 Å². The molecule has 0 N–H and O–H groups in total. The van der Waals surface area contributed by atoms with Crippen LogP contribution in [0.4, 0.5) is 0 Å². The highest BCUT2D eigenvalue weighted by Gasteiger charge is 2.26. The number of unbranched alkanes of at least 4 members (excludes halogenated alkanes) is 2. The molecule has 0 aliphatic rings. The summed E-state index contributed by atoms with van der Waals surface area (Å²) < 4.78 is 12.2. The van der Waals surface area contributed by atoms with E-state index in [1.807, 2.05) is 44.2 Å². The quantitative estimate of drug-likeness (QED) is 0.437. The first-order chi connectivity index (χ1) is 13.2. The summed E-state index contributed by atoms with van der Waals surface area (Å²) >= 11 is 0. The van der Waals surface area contributed by atoms with Crippen LogP contribution < -0.4 is 0 Å². The minimum absolute atomic E-state index is 0.0702. The fourth-order valence-corrected chi connectivity index (χ4v) is 2.54. The summed E-state index contributed by atoms with van der Waals surface area (Å²) in [5.41, 5.74) is 1.68. The summed E-state index contributed by atoms with van der Waals surface area (Å²) in [6.45, 7) is 4.76. The Balaban J connectivity index is 2.12. The maximum Gasteiger partial charge on any atom is 0.329 e. The zero-order chi connectivity index (χ0) is 19.5. The molecule has 6 nitrogen and oxygen atoms in total. The normalized spacial score (nSPS) is 11.8. The van der Waals surface area contributed by atoms with Gasteiger partial charge < -0.3 is 14.0 Å². The van der Waals surface area contributed by atoms with E-state index in [1.165, 1.54) is 0 Å². The van der Waals surface area contributed by atoms with Gasteiger partial charge in [0.1, 0.15) is 6.04 Å². The minimum Gasteiger partial charge on any atom is -0.466 e. The van der Waals surface area contributed by atoms with Crippen molar-refractivity contribution in [3.05, 3.63) is 42.9 Å². The Morgan fingerprint density at radius 1 is 1.04 bits per heavy atom. The Morgan fingerprint density at radius 3 is 2.37 bits per heavy atom. The molecule has 1 aromatic heterocycles.